The minimum Gasteiger partial charge on any atom is -0.476 e. The predicted octanol–water partition coefficient (Wildman–Crippen LogP) is 3.93. The molecule has 0 bridgehead atoms. The molecule has 8 heteroatoms. The van der Waals surface area contributed by atoms with Crippen LogP contribution in [-0.4, -0.2) is 21.0 Å². The molecular weight excluding hydrogens is 314 g/mol. The third kappa shape index (κ3) is 3.26. The van der Waals surface area contributed by atoms with Crippen molar-refractivity contribution in [1.82, 2.24) is 9.97 Å². The number of ether oxygens (including phenoxy) is 1. The van der Waals surface area contributed by atoms with Gasteiger partial charge in [-0.3, -0.25) is 4.98 Å². The Hall–Kier alpha value is -1.56. The normalized spacial score (nSPS) is 10.3. The van der Waals surface area contributed by atoms with Crippen molar-refractivity contribution in [3.63, 3.8) is 0 Å². The summed E-state index contributed by atoms with van der Waals surface area (Å²) in [5.74, 6) is -1.02. The van der Waals surface area contributed by atoms with Crippen LogP contribution in [0, 0.1) is 0 Å². The van der Waals surface area contributed by atoms with E-state index < -0.39 is 5.97 Å². The van der Waals surface area contributed by atoms with Crippen LogP contribution in [0.2, 0.25) is 15.1 Å². The zero-order chi connectivity index (χ0) is 14.0. The van der Waals surface area contributed by atoms with Gasteiger partial charge >= 0.3 is 5.97 Å². The van der Waals surface area contributed by atoms with Gasteiger partial charge in [0.1, 0.15) is 5.75 Å². The number of hydrogen-bond acceptors (Lipinski definition) is 4. The maximum atomic E-state index is 10.7. The lowest BCUT2D eigenvalue weighted by molar-refractivity contribution is 0.0689. The van der Waals surface area contributed by atoms with Crippen LogP contribution in [0.15, 0.2) is 24.5 Å². The highest BCUT2D eigenvalue weighted by molar-refractivity contribution is 6.43. The number of hydrogen-bond donors (Lipinski definition) is 1. The van der Waals surface area contributed by atoms with E-state index in [1.54, 1.807) is 0 Å². The Morgan fingerprint density at radius 2 is 1.79 bits per heavy atom. The van der Waals surface area contributed by atoms with Gasteiger partial charge in [0.2, 0.25) is 5.88 Å². The van der Waals surface area contributed by atoms with Gasteiger partial charge in [0, 0.05) is 6.07 Å². The molecule has 0 saturated heterocycles. The van der Waals surface area contributed by atoms with E-state index in [9.17, 15) is 4.79 Å². The summed E-state index contributed by atoms with van der Waals surface area (Å²) in [4.78, 5) is 18.2. The number of carboxylic acids is 1. The predicted molar refractivity (Wildman–Crippen MR) is 70.5 cm³/mol. The number of nitrogens with zero attached hydrogens (tertiary/aromatic N) is 2. The summed E-state index contributed by atoms with van der Waals surface area (Å²) < 4.78 is 5.32. The maximum Gasteiger partial charge on any atom is 0.356 e. The second-order valence-corrected chi connectivity index (χ2v) is 4.57. The molecule has 0 atom stereocenters. The average molecular weight is 320 g/mol. The molecule has 0 spiro atoms. The van der Waals surface area contributed by atoms with Crippen LogP contribution in [0.4, 0.5) is 0 Å². The van der Waals surface area contributed by atoms with Crippen molar-refractivity contribution in [1.29, 1.82) is 0 Å². The third-order valence-corrected chi connectivity index (χ3v) is 3.04. The molecule has 1 aromatic heterocycles. The van der Waals surface area contributed by atoms with Gasteiger partial charge in [-0.15, -0.1) is 0 Å². The van der Waals surface area contributed by atoms with Crippen LogP contribution >= 0.6 is 34.8 Å². The van der Waals surface area contributed by atoms with Gasteiger partial charge in [-0.05, 0) is 6.07 Å². The Bertz CT molecular complexity index is 649. The number of rotatable bonds is 3. The molecule has 0 fully saturated rings. The Morgan fingerprint density at radius 1 is 1.11 bits per heavy atom. The number of halogens is 3. The summed E-state index contributed by atoms with van der Waals surface area (Å²) in [6, 6.07) is 2.82. The van der Waals surface area contributed by atoms with Gasteiger partial charge in [-0.1, -0.05) is 34.8 Å². The van der Waals surface area contributed by atoms with Crippen molar-refractivity contribution in [3.8, 4) is 11.6 Å². The van der Waals surface area contributed by atoms with E-state index >= 15 is 0 Å². The Labute approximate surface area is 122 Å². The number of aromatic nitrogens is 2. The van der Waals surface area contributed by atoms with E-state index in [1.807, 2.05) is 0 Å². The van der Waals surface area contributed by atoms with Crippen molar-refractivity contribution in [2.75, 3.05) is 0 Å². The fraction of sp³-hybridized carbons (Fsp3) is 0. The summed E-state index contributed by atoms with van der Waals surface area (Å²) >= 11 is 17.5. The zero-order valence-corrected chi connectivity index (χ0v) is 11.4. The van der Waals surface area contributed by atoms with Crippen molar-refractivity contribution in [3.05, 3.63) is 45.3 Å². The molecule has 2 aromatic rings. The van der Waals surface area contributed by atoms with Crippen molar-refractivity contribution < 1.29 is 14.6 Å². The molecule has 0 aliphatic rings. The Morgan fingerprint density at radius 3 is 2.47 bits per heavy atom. The highest BCUT2D eigenvalue weighted by Gasteiger charge is 2.11. The minimum atomic E-state index is -1.21. The zero-order valence-electron chi connectivity index (χ0n) is 9.10. The van der Waals surface area contributed by atoms with Crippen molar-refractivity contribution in [2.24, 2.45) is 0 Å². The van der Waals surface area contributed by atoms with Gasteiger partial charge in [0.15, 0.2) is 5.69 Å². The largest absolute Gasteiger partial charge is 0.476 e. The number of benzene rings is 1. The standard InChI is InChI=1S/C11H5Cl3N2O3/c12-5-1-7(14)9(2-6(5)13)19-10-4-15-3-8(16-10)11(17)18/h1-4H,(H,17,18). The molecule has 1 aromatic carbocycles. The molecule has 5 nitrogen and oxygen atoms in total. The molecule has 1 N–H and O–H groups in total. The van der Waals surface area contributed by atoms with Crippen LogP contribution in [0.3, 0.4) is 0 Å². The average Bonchev–Trinajstić information content (AvgIpc) is 2.36. The van der Waals surface area contributed by atoms with Gasteiger partial charge in [0.25, 0.3) is 0 Å². The Balaban J connectivity index is 2.33. The quantitative estimate of drug-likeness (QED) is 0.868. The van der Waals surface area contributed by atoms with E-state index in [2.05, 4.69) is 9.97 Å². The topological polar surface area (TPSA) is 72.3 Å². The number of carbonyl (C=O) groups is 1. The fourth-order valence-electron chi connectivity index (χ4n) is 1.20. The van der Waals surface area contributed by atoms with Crippen LogP contribution in [0.25, 0.3) is 0 Å². The lowest BCUT2D eigenvalue weighted by Crippen LogP contribution is -2.02. The first kappa shape index (κ1) is 13.9. The summed E-state index contributed by atoms with van der Waals surface area (Å²) in [5, 5.41) is 9.54. The maximum absolute atomic E-state index is 10.7. The van der Waals surface area contributed by atoms with Crippen LogP contribution in [0.1, 0.15) is 10.5 Å². The van der Waals surface area contributed by atoms with E-state index in [1.165, 1.54) is 18.3 Å². The highest BCUT2D eigenvalue weighted by atomic mass is 35.5. The molecule has 0 radical (unpaired) electrons. The third-order valence-electron chi connectivity index (χ3n) is 2.02. The number of aromatic carboxylic acids is 1. The Kier molecular flexibility index (Phi) is 4.09. The van der Waals surface area contributed by atoms with E-state index in [-0.39, 0.29) is 32.4 Å². The lowest BCUT2D eigenvalue weighted by Gasteiger charge is -2.08. The molecule has 19 heavy (non-hydrogen) atoms. The van der Waals surface area contributed by atoms with E-state index in [0.29, 0.717) is 0 Å². The van der Waals surface area contributed by atoms with Gasteiger partial charge in [0.05, 0.1) is 27.5 Å². The second kappa shape index (κ2) is 5.61. The van der Waals surface area contributed by atoms with Crippen molar-refractivity contribution in [2.45, 2.75) is 0 Å². The van der Waals surface area contributed by atoms with Gasteiger partial charge < -0.3 is 9.84 Å². The lowest BCUT2D eigenvalue weighted by atomic mass is 10.3. The monoisotopic (exact) mass is 318 g/mol. The summed E-state index contributed by atoms with van der Waals surface area (Å²) in [7, 11) is 0. The molecule has 0 amide bonds. The van der Waals surface area contributed by atoms with E-state index in [0.717, 1.165) is 6.20 Å². The minimum absolute atomic E-state index is 0.0137. The first-order chi connectivity index (χ1) is 8.97. The molecule has 98 valence electrons. The molecule has 0 saturated carbocycles. The highest BCUT2D eigenvalue weighted by Crippen LogP contribution is 2.35. The smallest absolute Gasteiger partial charge is 0.356 e. The summed E-state index contributed by atoms with van der Waals surface area (Å²) in [6.07, 6.45) is 2.36. The SMILES string of the molecule is O=C(O)c1cncc(Oc2cc(Cl)c(Cl)cc2Cl)n1. The van der Waals surface area contributed by atoms with E-state index in [4.69, 9.17) is 44.6 Å². The molecule has 2 rings (SSSR count). The molecule has 0 unspecified atom stereocenters. The van der Waals surface area contributed by atoms with Gasteiger partial charge in [-0.2, -0.15) is 0 Å². The van der Waals surface area contributed by atoms with Crippen LogP contribution in [-0.2, 0) is 0 Å². The summed E-state index contributed by atoms with van der Waals surface area (Å²) in [6.45, 7) is 0. The molecular formula is C11H5Cl3N2O3. The molecule has 1 heterocycles. The number of carboxylic acid groups (broad SMARTS) is 1. The summed E-state index contributed by atoms with van der Waals surface area (Å²) in [5.41, 5.74) is -0.242. The second-order valence-electron chi connectivity index (χ2n) is 3.35. The molecule has 0 aliphatic heterocycles. The molecule has 0 aliphatic carbocycles. The van der Waals surface area contributed by atoms with Crippen LogP contribution in [0.5, 0.6) is 11.6 Å². The van der Waals surface area contributed by atoms with Gasteiger partial charge in [-0.25, -0.2) is 9.78 Å². The first-order valence-electron chi connectivity index (χ1n) is 4.85. The fourth-order valence-corrected chi connectivity index (χ4v) is 1.77. The van der Waals surface area contributed by atoms with Crippen LogP contribution < -0.4 is 4.74 Å². The van der Waals surface area contributed by atoms with Crippen molar-refractivity contribution >= 4 is 40.8 Å². The first-order valence-corrected chi connectivity index (χ1v) is 5.98.